The number of benzene rings is 2. The van der Waals surface area contributed by atoms with Crippen LogP contribution in [-0.2, 0) is 13.2 Å². The van der Waals surface area contributed by atoms with Crippen LogP contribution in [0.5, 0.6) is 11.5 Å². The Bertz CT molecular complexity index is 920. The minimum Gasteiger partial charge on any atom is -0.493 e. The summed E-state index contributed by atoms with van der Waals surface area (Å²) in [5.41, 5.74) is 3.25. The lowest BCUT2D eigenvalue weighted by Gasteiger charge is -2.21. The standard InChI is InChI=1S/C21H27N5O2.ClH/c1-15-6-9-17(10-7-15)26-20(23-24-25-26)14-28-18-11-8-16(12-19(18)27-5)13-22-21(2,3)4;/h6-12,22H,13-14H2,1-5H3;1H. The molecule has 0 amide bonds. The van der Waals surface area contributed by atoms with Crippen molar-refractivity contribution in [2.45, 2.75) is 46.4 Å². The topological polar surface area (TPSA) is 74.1 Å². The number of rotatable bonds is 7. The van der Waals surface area contributed by atoms with Gasteiger partial charge in [0.2, 0.25) is 0 Å². The molecular weight excluding hydrogens is 390 g/mol. The van der Waals surface area contributed by atoms with Gasteiger partial charge in [0.15, 0.2) is 23.9 Å². The first kappa shape index (κ1) is 22.6. The first-order chi connectivity index (χ1) is 13.4. The van der Waals surface area contributed by atoms with Crippen LogP contribution in [0, 0.1) is 6.92 Å². The van der Waals surface area contributed by atoms with Gasteiger partial charge in [-0.25, -0.2) is 0 Å². The Labute approximate surface area is 177 Å². The molecule has 0 spiro atoms. The first-order valence-corrected chi connectivity index (χ1v) is 9.25. The molecule has 7 nitrogen and oxygen atoms in total. The highest BCUT2D eigenvalue weighted by Gasteiger charge is 2.13. The van der Waals surface area contributed by atoms with E-state index in [-0.39, 0.29) is 24.6 Å². The van der Waals surface area contributed by atoms with Gasteiger partial charge in [0, 0.05) is 12.1 Å². The van der Waals surface area contributed by atoms with Crippen molar-refractivity contribution in [3.63, 3.8) is 0 Å². The van der Waals surface area contributed by atoms with Crippen LogP contribution in [0.15, 0.2) is 42.5 Å². The summed E-state index contributed by atoms with van der Waals surface area (Å²) in [6.45, 7) is 9.45. The van der Waals surface area contributed by atoms with E-state index in [1.54, 1.807) is 11.8 Å². The van der Waals surface area contributed by atoms with Crippen molar-refractivity contribution in [2.24, 2.45) is 0 Å². The summed E-state index contributed by atoms with van der Waals surface area (Å²) < 4.78 is 13.1. The van der Waals surface area contributed by atoms with E-state index in [1.165, 1.54) is 5.56 Å². The molecule has 3 aromatic rings. The zero-order chi connectivity index (χ0) is 20.1. The lowest BCUT2D eigenvalue weighted by molar-refractivity contribution is 0.273. The average Bonchev–Trinajstić information content (AvgIpc) is 3.13. The van der Waals surface area contributed by atoms with Gasteiger partial charge in [-0.3, -0.25) is 0 Å². The fraction of sp³-hybridized carbons (Fsp3) is 0.381. The Morgan fingerprint density at radius 2 is 1.76 bits per heavy atom. The van der Waals surface area contributed by atoms with E-state index in [4.69, 9.17) is 9.47 Å². The maximum atomic E-state index is 5.95. The van der Waals surface area contributed by atoms with Crippen LogP contribution in [0.4, 0.5) is 0 Å². The molecule has 1 aromatic heterocycles. The molecule has 156 valence electrons. The van der Waals surface area contributed by atoms with Gasteiger partial charge in [0.1, 0.15) is 0 Å². The monoisotopic (exact) mass is 417 g/mol. The molecule has 1 N–H and O–H groups in total. The summed E-state index contributed by atoms with van der Waals surface area (Å²) in [5.74, 6) is 1.95. The summed E-state index contributed by atoms with van der Waals surface area (Å²) in [4.78, 5) is 0. The largest absolute Gasteiger partial charge is 0.493 e. The molecule has 0 radical (unpaired) electrons. The molecule has 0 saturated heterocycles. The molecule has 0 aliphatic carbocycles. The molecule has 0 aliphatic heterocycles. The maximum absolute atomic E-state index is 5.95. The third kappa shape index (κ3) is 6.17. The molecule has 0 fully saturated rings. The van der Waals surface area contributed by atoms with Crippen molar-refractivity contribution in [2.75, 3.05) is 7.11 Å². The van der Waals surface area contributed by atoms with E-state index >= 15 is 0 Å². The molecule has 3 rings (SSSR count). The minimum absolute atomic E-state index is 0. The number of ether oxygens (including phenoxy) is 2. The second-order valence-electron chi connectivity index (χ2n) is 7.72. The summed E-state index contributed by atoms with van der Waals surface area (Å²) in [5, 5.41) is 15.4. The number of nitrogens with zero attached hydrogens (tertiary/aromatic N) is 4. The van der Waals surface area contributed by atoms with Gasteiger partial charge < -0.3 is 14.8 Å². The molecule has 1 heterocycles. The van der Waals surface area contributed by atoms with Crippen molar-refractivity contribution in [1.82, 2.24) is 25.5 Å². The van der Waals surface area contributed by atoms with Crippen LogP contribution in [0.1, 0.15) is 37.7 Å². The Morgan fingerprint density at radius 1 is 1.03 bits per heavy atom. The average molecular weight is 418 g/mol. The number of methoxy groups -OCH3 is 1. The van der Waals surface area contributed by atoms with E-state index in [0.29, 0.717) is 17.3 Å². The third-order valence-electron chi connectivity index (χ3n) is 4.22. The highest BCUT2D eigenvalue weighted by molar-refractivity contribution is 5.85. The highest BCUT2D eigenvalue weighted by Crippen LogP contribution is 2.29. The van der Waals surface area contributed by atoms with Gasteiger partial charge in [-0.2, -0.15) is 4.68 Å². The van der Waals surface area contributed by atoms with Gasteiger partial charge >= 0.3 is 0 Å². The van der Waals surface area contributed by atoms with Crippen LogP contribution < -0.4 is 14.8 Å². The zero-order valence-electron chi connectivity index (χ0n) is 17.5. The van der Waals surface area contributed by atoms with Crippen LogP contribution in [0.3, 0.4) is 0 Å². The van der Waals surface area contributed by atoms with E-state index in [0.717, 1.165) is 17.8 Å². The van der Waals surface area contributed by atoms with Gasteiger partial charge in [-0.05, 0) is 68.0 Å². The molecule has 0 saturated carbocycles. The molecule has 29 heavy (non-hydrogen) atoms. The molecule has 0 atom stereocenters. The number of halogens is 1. The summed E-state index contributed by atoms with van der Waals surface area (Å²) >= 11 is 0. The quantitative estimate of drug-likeness (QED) is 0.629. The van der Waals surface area contributed by atoms with Crippen molar-refractivity contribution >= 4 is 12.4 Å². The predicted molar refractivity (Wildman–Crippen MR) is 115 cm³/mol. The molecule has 0 aliphatic rings. The second kappa shape index (κ2) is 9.71. The predicted octanol–water partition coefficient (Wildman–Crippen LogP) is 3.87. The summed E-state index contributed by atoms with van der Waals surface area (Å²) in [6, 6.07) is 13.9. The van der Waals surface area contributed by atoms with Crippen LogP contribution >= 0.6 is 12.4 Å². The third-order valence-corrected chi connectivity index (χ3v) is 4.22. The molecular formula is C21H28ClN5O2. The second-order valence-corrected chi connectivity index (χ2v) is 7.72. The summed E-state index contributed by atoms with van der Waals surface area (Å²) in [6.07, 6.45) is 0. The normalized spacial score (nSPS) is 11.1. The van der Waals surface area contributed by atoms with Crippen molar-refractivity contribution in [1.29, 1.82) is 0 Å². The van der Waals surface area contributed by atoms with E-state index in [1.807, 2.05) is 49.4 Å². The van der Waals surface area contributed by atoms with Crippen LogP contribution in [0.25, 0.3) is 5.69 Å². The minimum atomic E-state index is 0. The molecule has 8 heteroatoms. The smallest absolute Gasteiger partial charge is 0.194 e. The number of nitrogens with one attached hydrogen (secondary N) is 1. The number of tetrazole rings is 1. The molecule has 0 unspecified atom stereocenters. The fourth-order valence-electron chi connectivity index (χ4n) is 2.63. The lowest BCUT2D eigenvalue weighted by atomic mass is 10.1. The van der Waals surface area contributed by atoms with E-state index < -0.39 is 0 Å². The van der Waals surface area contributed by atoms with E-state index in [2.05, 4.69) is 41.6 Å². The fourth-order valence-corrected chi connectivity index (χ4v) is 2.63. The molecule has 0 bridgehead atoms. The van der Waals surface area contributed by atoms with Gasteiger partial charge in [0.25, 0.3) is 0 Å². The highest BCUT2D eigenvalue weighted by atomic mass is 35.5. The van der Waals surface area contributed by atoms with Crippen molar-refractivity contribution < 1.29 is 9.47 Å². The number of aromatic nitrogens is 4. The lowest BCUT2D eigenvalue weighted by Crippen LogP contribution is -2.35. The van der Waals surface area contributed by atoms with Crippen LogP contribution in [-0.4, -0.2) is 32.9 Å². The van der Waals surface area contributed by atoms with Gasteiger partial charge in [0.05, 0.1) is 12.8 Å². The first-order valence-electron chi connectivity index (χ1n) is 9.25. The van der Waals surface area contributed by atoms with Crippen molar-refractivity contribution in [3.05, 3.63) is 59.4 Å². The molecule has 2 aromatic carbocycles. The van der Waals surface area contributed by atoms with Gasteiger partial charge in [-0.15, -0.1) is 17.5 Å². The number of hydrogen-bond donors (Lipinski definition) is 1. The Morgan fingerprint density at radius 3 is 2.41 bits per heavy atom. The van der Waals surface area contributed by atoms with Gasteiger partial charge in [-0.1, -0.05) is 23.8 Å². The Balaban J connectivity index is 0.00000300. The Hall–Kier alpha value is -2.64. The zero-order valence-corrected chi connectivity index (χ0v) is 18.3. The Kier molecular flexibility index (Phi) is 7.59. The number of aryl methyl sites for hydroxylation is 1. The van der Waals surface area contributed by atoms with Crippen molar-refractivity contribution in [3.8, 4) is 17.2 Å². The summed E-state index contributed by atoms with van der Waals surface area (Å²) in [7, 11) is 1.64. The van der Waals surface area contributed by atoms with E-state index in [9.17, 15) is 0 Å². The maximum Gasteiger partial charge on any atom is 0.194 e. The van der Waals surface area contributed by atoms with Crippen LogP contribution in [0.2, 0.25) is 0 Å². The number of hydrogen-bond acceptors (Lipinski definition) is 6. The SMILES string of the molecule is COc1cc(CNC(C)(C)C)ccc1OCc1nnnn1-c1ccc(C)cc1.Cl.